The van der Waals surface area contributed by atoms with Gasteiger partial charge in [0.25, 0.3) is 5.91 Å². The van der Waals surface area contributed by atoms with Gasteiger partial charge in [0, 0.05) is 42.0 Å². The number of amides is 1. The highest BCUT2D eigenvalue weighted by atomic mass is 16.1. The summed E-state index contributed by atoms with van der Waals surface area (Å²) < 4.78 is 0. The van der Waals surface area contributed by atoms with Gasteiger partial charge in [0.1, 0.15) is 0 Å². The molecule has 0 aliphatic heterocycles. The molecule has 6 heteroatoms. The van der Waals surface area contributed by atoms with Crippen LogP contribution in [0.25, 0.3) is 22.0 Å². The Kier molecular flexibility index (Phi) is 4.28. The number of hydrogen-bond donors (Lipinski definition) is 3. The van der Waals surface area contributed by atoms with Gasteiger partial charge in [-0.1, -0.05) is 42.8 Å². The molecule has 30 heavy (non-hydrogen) atoms. The zero-order valence-electron chi connectivity index (χ0n) is 16.8. The van der Waals surface area contributed by atoms with E-state index in [2.05, 4.69) is 56.8 Å². The third kappa shape index (κ3) is 2.76. The number of carbonyl (C=O) groups is 1. The van der Waals surface area contributed by atoms with E-state index in [9.17, 15) is 4.79 Å². The van der Waals surface area contributed by atoms with Crippen molar-refractivity contribution < 1.29 is 4.79 Å². The van der Waals surface area contributed by atoms with Crippen molar-refractivity contribution in [2.24, 2.45) is 0 Å². The number of hydrogen-bond acceptors (Lipinski definition) is 4. The number of rotatable bonds is 4. The predicted molar refractivity (Wildman–Crippen MR) is 118 cm³/mol. The van der Waals surface area contributed by atoms with Gasteiger partial charge in [-0.2, -0.15) is 0 Å². The number of benzene rings is 2. The van der Waals surface area contributed by atoms with E-state index in [1.54, 1.807) is 19.4 Å². The number of anilines is 1. The minimum Gasteiger partial charge on any atom is -0.368 e. The summed E-state index contributed by atoms with van der Waals surface area (Å²) in [5, 5.41) is 3.85. The van der Waals surface area contributed by atoms with E-state index in [0.29, 0.717) is 5.56 Å². The van der Waals surface area contributed by atoms with Crippen LogP contribution in [0.15, 0.2) is 61.1 Å². The fourth-order valence-corrected chi connectivity index (χ4v) is 4.59. The summed E-state index contributed by atoms with van der Waals surface area (Å²) in [5.74, 6) is 0.200. The summed E-state index contributed by atoms with van der Waals surface area (Å²) in [7, 11) is 1.66. The zero-order chi connectivity index (χ0) is 20.7. The first kappa shape index (κ1) is 18.4. The topological polar surface area (TPSA) is 96.7 Å². The van der Waals surface area contributed by atoms with Gasteiger partial charge in [0.2, 0.25) is 5.95 Å². The lowest BCUT2D eigenvalue weighted by atomic mass is 9.60. The molecule has 0 unspecified atom stereocenters. The first-order valence-electron chi connectivity index (χ1n) is 10.1. The fraction of sp³-hybridized carbons (Fsp3) is 0.208. The molecule has 6 nitrogen and oxygen atoms in total. The fourth-order valence-electron chi connectivity index (χ4n) is 4.59. The minimum absolute atomic E-state index is 0.0320. The van der Waals surface area contributed by atoms with Crippen molar-refractivity contribution in [1.82, 2.24) is 20.3 Å². The molecule has 1 aliphatic carbocycles. The van der Waals surface area contributed by atoms with Crippen molar-refractivity contribution in [3.63, 3.8) is 0 Å². The Bertz CT molecular complexity index is 1220. The molecule has 0 spiro atoms. The molecule has 0 bridgehead atoms. The smallest absolute Gasteiger partial charge is 0.253 e. The van der Waals surface area contributed by atoms with Crippen LogP contribution in [-0.4, -0.2) is 27.9 Å². The molecule has 150 valence electrons. The van der Waals surface area contributed by atoms with Gasteiger partial charge in [-0.25, -0.2) is 9.97 Å². The zero-order valence-corrected chi connectivity index (χ0v) is 16.8. The lowest BCUT2D eigenvalue weighted by molar-refractivity contribution is 0.0964. The van der Waals surface area contributed by atoms with Crippen molar-refractivity contribution in [2.75, 3.05) is 12.8 Å². The van der Waals surface area contributed by atoms with Crippen LogP contribution < -0.4 is 11.1 Å². The molecule has 1 fully saturated rings. The summed E-state index contributed by atoms with van der Waals surface area (Å²) in [5.41, 5.74) is 11.7. The number of nitrogen functional groups attached to an aromatic ring is 1. The predicted octanol–water partition coefficient (Wildman–Crippen LogP) is 4.04. The molecule has 2 aromatic heterocycles. The van der Waals surface area contributed by atoms with Crippen LogP contribution in [0.2, 0.25) is 0 Å². The van der Waals surface area contributed by atoms with Crippen molar-refractivity contribution in [2.45, 2.75) is 24.7 Å². The van der Waals surface area contributed by atoms with E-state index in [1.165, 1.54) is 17.5 Å². The van der Waals surface area contributed by atoms with Crippen LogP contribution in [0, 0.1) is 0 Å². The summed E-state index contributed by atoms with van der Waals surface area (Å²) in [4.78, 5) is 23.8. The Hall–Kier alpha value is -3.67. The summed E-state index contributed by atoms with van der Waals surface area (Å²) >= 11 is 0. The number of nitrogens with one attached hydrogen (secondary N) is 2. The van der Waals surface area contributed by atoms with Crippen molar-refractivity contribution in [3.8, 4) is 11.1 Å². The number of carbonyl (C=O) groups excluding carboxylic acids is 1. The molecule has 4 aromatic rings. The summed E-state index contributed by atoms with van der Waals surface area (Å²) in [6.07, 6.45) is 8.95. The Morgan fingerprint density at radius 2 is 1.80 bits per heavy atom. The first-order chi connectivity index (χ1) is 14.6. The highest BCUT2D eigenvalue weighted by Gasteiger charge is 2.42. The molecular formula is C24H23N5O. The first-order valence-corrected chi connectivity index (χ1v) is 10.1. The van der Waals surface area contributed by atoms with Gasteiger partial charge in [-0.15, -0.1) is 0 Å². The highest BCUT2D eigenvalue weighted by molar-refractivity contribution is 6.06. The minimum atomic E-state index is -0.0771. The molecule has 4 N–H and O–H groups in total. The second-order valence-electron chi connectivity index (χ2n) is 7.85. The molecule has 1 saturated carbocycles. The lowest BCUT2D eigenvalue weighted by Crippen LogP contribution is -2.35. The molecule has 2 heterocycles. The normalized spacial score (nSPS) is 15.0. The van der Waals surface area contributed by atoms with Crippen LogP contribution in [0.1, 0.15) is 40.7 Å². The molecule has 0 saturated heterocycles. The Morgan fingerprint density at radius 3 is 2.43 bits per heavy atom. The average Bonchev–Trinajstić information content (AvgIpc) is 3.18. The van der Waals surface area contributed by atoms with Crippen LogP contribution in [-0.2, 0) is 5.41 Å². The summed E-state index contributed by atoms with van der Waals surface area (Å²) in [6.45, 7) is 0. The quantitative estimate of drug-likeness (QED) is 0.484. The largest absolute Gasteiger partial charge is 0.368 e. The molecule has 1 aliphatic rings. The number of nitrogens with two attached hydrogens (primary N) is 1. The van der Waals surface area contributed by atoms with Crippen LogP contribution in [0.3, 0.4) is 0 Å². The molecule has 0 radical (unpaired) electrons. The second-order valence-corrected chi connectivity index (χ2v) is 7.85. The monoisotopic (exact) mass is 397 g/mol. The number of para-hydroxylation sites is 1. The Labute approximate surface area is 174 Å². The van der Waals surface area contributed by atoms with E-state index in [1.807, 2.05) is 12.1 Å². The van der Waals surface area contributed by atoms with Gasteiger partial charge in [0.15, 0.2) is 0 Å². The molecular weight excluding hydrogens is 374 g/mol. The molecule has 0 atom stereocenters. The summed E-state index contributed by atoms with van der Waals surface area (Å²) in [6, 6.07) is 14.6. The van der Waals surface area contributed by atoms with Crippen LogP contribution in [0.4, 0.5) is 5.95 Å². The maximum absolute atomic E-state index is 12.3. The van der Waals surface area contributed by atoms with E-state index >= 15 is 0 Å². The van der Waals surface area contributed by atoms with Crippen molar-refractivity contribution >= 4 is 22.8 Å². The van der Waals surface area contributed by atoms with E-state index in [4.69, 9.17) is 5.73 Å². The highest BCUT2D eigenvalue weighted by Crippen LogP contribution is 2.51. The Morgan fingerprint density at radius 1 is 1.07 bits per heavy atom. The standard InChI is InChI=1S/C24H23N5O/c1-26-22(30)19-5-2-4-18-20(14-27-21(18)19)24(10-3-11-24)17-8-6-15(7-9-17)16-12-28-23(25)29-13-16/h2,4-9,12-14,27H,3,10-11H2,1H3,(H,26,30)(H2,25,28,29). The average molecular weight is 397 g/mol. The van der Waals surface area contributed by atoms with Gasteiger partial charge >= 0.3 is 0 Å². The van der Waals surface area contributed by atoms with E-state index < -0.39 is 0 Å². The number of aromatic amines is 1. The number of aromatic nitrogens is 3. The van der Waals surface area contributed by atoms with Gasteiger partial charge in [-0.05, 0) is 35.6 Å². The van der Waals surface area contributed by atoms with Gasteiger partial charge in [0.05, 0.1) is 11.1 Å². The van der Waals surface area contributed by atoms with Gasteiger partial charge < -0.3 is 16.0 Å². The van der Waals surface area contributed by atoms with Crippen molar-refractivity contribution in [3.05, 3.63) is 77.7 Å². The number of fused-ring (bicyclic) bond motifs is 1. The number of H-pyrrole nitrogens is 1. The molecule has 1 amide bonds. The number of nitrogens with zero attached hydrogens (tertiary/aromatic N) is 2. The van der Waals surface area contributed by atoms with E-state index in [-0.39, 0.29) is 17.3 Å². The van der Waals surface area contributed by atoms with Crippen molar-refractivity contribution in [1.29, 1.82) is 0 Å². The molecule has 2 aromatic carbocycles. The van der Waals surface area contributed by atoms with Crippen LogP contribution >= 0.6 is 0 Å². The Balaban J connectivity index is 1.56. The lowest BCUT2D eigenvalue weighted by Gasteiger charge is -2.43. The third-order valence-electron chi connectivity index (χ3n) is 6.35. The second kappa shape index (κ2) is 6.99. The van der Waals surface area contributed by atoms with E-state index in [0.717, 1.165) is 34.9 Å². The molecule has 5 rings (SSSR count). The maximum Gasteiger partial charge on any atom is 0.253 e. The maximum atomic E-state index is 12.3. The third-order valence-corrected chi connectivity index (χ3v) is 6.35. The SMILES string of the molecule is CNC(=O)c1cccc2c(C3(c4ccc(-c5cnc(N)nc5)cc4)CCC3)c[nH]c12. The van der Waals surface area contributed by atoms with Gasteiger partial charge in [-0.3, -0.25) is 4.79 Å². The van der Waals surface area contributed by atoms with Crippen LogP contribution in [0.5, 0.6) is 0 Å².